The summed E-state index contributed by atoms with van der Waals surface area (Å²) in [6.07, 6.45) is 0. The molecule has 0 aliphatic heterocycles. The summed E-state index contributed by atoms with van der Waals surface area (Å²) in [7, 11) is 1.27. The van der Waals surface area contributed by atoms with Crippen molar-refractivity contribution < 1.29 is 9.53 Å². The number of hydrogen-bond acceptors (Lipinski definition) is 3. The predicted molar refractivity (Wildman–Crippen MR) is 60.2 cm³/mol. The van der Waals surface area contributed by atoms with Gasteiger partial charge in [-0.05, 0) is 34.7 Å². The third kappa shape index (κ3) is 2.16. The predicted octanol–water partition coefficient (Wildman–Crippen LogP) is 2.60. The van der Waals surface area contributed by atoms with Crippen molar-refractivity contribution in [1.29, 1.82) is 5.26 Å². The molecule has 1 aromatic rings. The van der Waals surface area contributed by atoms with E-state index in [1.807, 2.05) is 28.7 Å². The van der Waals surface area contributed by atoms with Crippen molar-refractivity contribution in [3.05, 3.63) is 31.9 Å². The minimum absolute atomic E-state index is 0.220. The van der Waals surface area contributed by atoms with Crippen LogP contribution in [0.15, 0.2) is 12.1 Å². The van der Waals surface area contributed by atoms with Crippen LogP contribution >= 0.6 is 34.2 Å². The van der Waals surface area contributed by atoms with Crippen LogP contribution in [0.5, 0.6) is 0 Å². The van der Waals surface area contributed by atoms with Crippen molar-refractivity contribution in [2.75, 3.05) is 7.11 Å². The average Bonchev–Trinajstić information content (AvgIpc) is 2.20. The smallest absolute Gasteiger partial charge is 0.339 e. The van der Waals surface area contributed by atoms with Crippen LogP contribution in [0.25, 0.3) is 0 Å². The lowest BCUT2D eigenvalue weighted by atomic mass is 10.1. The van der Waals surface area contributed by atoms with E-state index in [9.17, 15) is 4.79 Å². The Morgan fingerprint density at radius 3 is 2.79 bits per heavy atom. The second kappa shape index (κ2) is 4.62. The zero-order chi connectivity index (χ0) is 10.7. The summed E-state index contributed by atoms with van der Waals surface area (Å²) in [5.74, 6) is -0.537. The number of nitriles is 1. The monoisotopic (exact) mass is 321 g/mol. The summed E-state index contributed by atoms with van der Waals surface area (Å²) in [5.41, 5.74) is 0.608. The molecule has 0 fully saturated rings. The van der Waals surface area contributed by atoms with Crippen molar-refractivity contribution in [2.24, 2.45) is 0 Å². The summed E-state index contributed by atoms with van der Waals surface area (Å²) < 4.78 is 5.19. The fraction of sp³-hybridized carbons (Fsp3) is 0.111. The van der Waals surface area contributed by atoms with E-state index in [2.05, 4.69) is 4.74 Å². The van der Waals surface area contributed by atoms with Gasteiger partial charge >= 0.3 is 5.97 Å². The number of halogens is 2. The van der Waals surface area contributed by atoms with Gasteiger partial charge in [-0.3, -0.25) is 0 Å². The number of ether oxygens (including phenoxy) is 1. The Kier molecular flexibility index (Phi) is 3.72. The van der Waals surface area contributed by atoms with Gasteiger partial charge in [0.05, 0.1) is 29.3 Å². The highest BCUT2D eigenvalue weighted by Crippen LogP contribution is 2.25. The largest absolute Gasteiger partial charge is 0.465 e. The molecule has 5 heteroatoms. The van der Waals surface area contributed by atoms with E-state index < -0.39 is 5.97 Å². The maximum atomic E-state index is 11.2. The lowest BCUT2D eigenvalue weighted by molar-refractivity contribution is 0.0601. The Hall–Kier alpha value is -0.800. The van der Waals surface area contributed by atoms with Gasteiger partial charge in [0.2, 0.25) is 0 Å². The Morgan fingerprint density at radius 1 is 1.64 bits per heavy atom. The molecule has 0 spiro atoms. The first-order chi connectivity index (χ1) is 6.60. The molecular weight excluding hydrogens is 316 g/mol. The van der Waals surface area contributed by atoms with E-state index in [0.29, 0.717) is 14.2 Å². The van der Waals surface area contributed by atoms with Gasteiger partial charge in [0.1, 0.15) is 0 Å². The van der Waals surface area contributed by atoms with Crippen LogP contribution < -0.4 is 0 Å². The summed E-state index contributed by atoms with van der Waals surface area (Å²) >= 11 is 7.84. The number of hydrogen-bond donors (Lipinski definition) is 0. The Bertz CT molecular complexity index is 426. The summed E-state index contributed by atoms with van der Waals surface area (Å²) in [6.45, 7) is 0. The molecule has 1 rings (SSSR count). The topological polar surface area (TPSA) is 50.1 Å². The van der Waals surface area contributed by atoms with Crippen molar-refractivity contribution >= 4 is 40.2 Å². The van der Waals surface area contributed by atoms with Crippen LogP contribution in [0.4, 0.5) is 0 Å². The number of benzene rings is 1. The first kappa shape index (κ1) is 11.3. The third-order valence-electron chi connectivity index (χ3n) is 1.56. The zero-order valence-corrected chi connectivity index (χ0v) is 10.1. The molecule has 0 radical (unpaired) electrons. The minimum atomic E-state index is -0.537. The quantitative estimate of drug-likeness (QED) is 0.590. The molecule has 1 aromatic carbocycles. The molecule has 0 bridgehead atoms. The lowest BCUT2D eigenvalue weighted by Crippen LogP contribution is -2.03. The fourth-order valence-corrected chi connectivity index (χ4v) is 1.72. The molecule has 0 amide bonds. The van der Waals surface area contributed by atoms with Gasteiger partial charge < -0.3 is 4.74 Å². The highest BCUT2D eigenvalue weighted by Gasteiger charge is 2.14. The summed E-state index contributed by atoms with van der Waals surface area (Å²) in [5, 5.41) is 9.00. The van der Waals surface area contributed by atoms with Gasteiger partial charge in [0.25, 0.3) is 0 Å². The van der Waals surface area contributed by atoms with Crippen molar-refractivity contribution in [2.45, 2.75) is 0 Å². The lowest BCUT2D eigenvalue weighted by Gasteiger charge is -2.04. The highest BCUT2D eigenvalue weighted by atomic mass is 127. The van der Waals surface area contributed by atoms with Gasteiger partial charge in [0.15, 0.2) is 0 Å². The third-order valence-corrected chi connectivity index (χ3v) is 3.14. The summed E-state index contributed by atoms with van der Waals surface area (Å²) in [6, 6.07) is 4.96. The van der Waals surface area contributed by atoms with E-state index in [1.54, 1.807) is 6.07 Å². The Morgan fingerprint density at radius 2 is 2.29 bits per heavy atom. The number of methoxy groups -OCH3 is 1. The molecule has 0 N–H and O–H groups in total. The number of carbonyl (C=O) groups excluding carboxylic acids is 1. The number of esters is 1. The number of nitrogens with zero attached hydrogens (tertiary/aromatic N) is 1. The van der Waals surface area contributed by atoms with Crippen LogP contribution in [-0.2, 0) is 4.74 Å². The molecule has 72 valence electrons. The van der Waals surface area contributed by atoms with Gasteiger partial charge in [0, 0.05) is 3.57 Å². The average molecular weight is 322 g/mol. The van der Waals surface area contributed by atoms with Gasteiger partial charge in [-0.2, -0.15) is 5.26 Å². The van der Waals surface area contributed by atoms with E-state index >= 15 is 0 Å². The molecule has 0 aliphatic carbocycles. The van der Waals surface area contributed by atoms with Crippen LogP contribution in [0.3, 0.4) is 0 Å². The molecule has 0 saturated carbocycles. The van der Waals surface area contributed by atoms with Crippen molar-refractivity contribution in [3.8, 4) is 6.07 Å². The number of rotatable bonds is 1. The van der Waals surface area contributed by atoms with Crippen LogP contribution in [0.2, 0.25) is 5.02 Å². The van der Waals surface area contributed by atoms with Gasteiger partial charge in [-0.15, -0.1) is 0 Å². The van der Waals surface area contributed by atoms with Crippen molar-refractivity contribution in [1.82, 2.24) is 0 Å². The zero-order valence-electron chi connectivity index (χ0n) is 7.17. The maximum Gasteiger partial charge on any atom is 0.339 e. The molecule has 0 unspecified atom stereocenters. The molecule has 3 nitrogen and oxygen atoms in total. The second-order valence-corrected chi connectivity index (χ2v) is 3.96. The molecule has 0 aliphatic rings. The van der Waals surface area contributed by atoms with Crippen LogP contribution in [0.1, 0.15) is 15.9 Å². The molecule has 0 atom stereocenters. The Labute approximate surface area is 99.8 Å². The second-order valence-electron chi connectivity index (χ2n) is 2.42. The number of carbonyl (C=O) groups is 1. The van der Waals surface area contributed by atoms with Crippen LogP contribution in [-0.4, -0.2) is 13.1 Å². The fourth-order valence-electron chi connectivity index (χ4n) is 0.912. The van der Waals surface area contributed by atoms with E-state index in [1.165, 1.54) is 13.2 Å². The first-order valence-corrected chi connectivity index (χ1v) is 5.03. The Balaban J connectivity index is 3.36. The van der Waals surface area contributed by atoms with Gasteiger partial charge in [-0.1, -0.05) is 11.6 Å². The van der Waals surface area contributed by atoms with E-state index in [4.69, 9.17) is 16.9 Å². The maximum absolute atomic E-state index is 11.2. The molecule has 0 saturated heterocycles. The summed E-state index contributed by atoms with van der Waals surface area (Å²) in [4.78, 5) is 11.2. The normalized spacial score (nSPS) is 9.29. The standard InChI is InChI=1S/C9H5ClINO2/c1-14-9(13)6-2-5(4-12)3-7(11)8(6)10/h2-3H,1H3. The molecule has 14 heavy (non-hydrogen) atoms. The van der Waals surface area contributed by atoms with Crippen LogP contribution in [0, 0.1) is 14.9 Å². The first-order valence-electron chi connectivity index (χ1n) is 3.57. The highest BCUT2D eigenvalue weighted by molar-refractivity contribution is 14.1. The van der Waals surface area contributed by atoms with Crippen molar-refractivity contribution in [3.63, 3.8) is 0 Å². The molecular formula is C9H5ClINO2. The van der Waals surface area contributed by atoms with E-state index in [0.717, 1.165) is 0 Å². The molecule has 0 aromatic heterocycles. The SMILES string of the molecule is COC(=O)c1cc(C#N)cc(I)c1Cl. The van der Waals surface area contributed by atoms with E-state index in [-0.39, 0.29) is 5.56 Å². The minimum Gasteiger partial charge on any atom is -0.465 e. The van der Waals surface area contributed by atoms with Gasteiger partial charge in [-0.25, -0.2) is 4.79 Å². The molecule has 0 heterocycles.